The van der Waals surface area contributed by atoms with E-state index in [1.807, 2.05) is 0 Å². The van der Waals surface area contributed by atoms with Crippen molar-refractivity contribution in [1.29, 1.82) is 0 Å². The van der Waals surface area contributed by atoms with Gasteiger partial charge < -0.3 is 9.47 Å². The topological polar surface area (TPSA) is 78.7 Å². The van der Waals surface area contributed by atoms with Crippen LogP contribution in [0.1, 0.15) is 17.3 Å². The molecule has 0 N–H and O–H groups in total. The molecule has 0 bridgehead atoms. The number of benzene rings is 2. The van der Waals surface area contributed by atoms with Gasteiger partial charge in [-0.25, -0.2) is 4.79 Å². The Morgan fingerprint density at radius 2 is 1.80 bits per heavy atom. The number of carbonyl (C=O) groups is 1. The summed E-state index contributed by atoms with van der Waals surface area (Å²) in [4.78, 5) is 22.6. The number of alkyl halides is 3. The molecule has 0 fully saturated rings. The molecule has 0 aliphatic carbocycles. The molecule has 0 amide bonds. The molecule has 0 saturated heterocycles. The first-order valence-corrected chi connectivity index (χ1v) is 7.03. The third-order valence-electron chi connectivity index (χ3n) is 3.11. The molecule has 0 radical (unpaired) electrons. The molecule has 0 unspecified atom stereocenters. The Morgan fingerprint density at radius 3 is 2.32 bits per heavy atom. The average Bonchev–Trinajstić information content (AvgIpc) is 2.53. The lowest BCUT2D eigenvalue weighted by Gasteiger charge is -2.10. The Balaban J connectivity index is 2.47. The van der Waals surface area contributed by atoms with Gasteiger partial charge in [-0.1, -0.05) is 18.2 Å². The number of ether oxygens (including phenoxy) is 2. The lowest BCUT2D eigenvalue weighted by molar-refractivity contribution is -0.384. The van der Waals surface area contributed by atoms with Crippen LogP contribution >= 0.6 is 0 Å². The van der Waals surface area contributed by atoms with Crippen molar-refractivity contribution in [1.82, 2.24) is 0 Å². The van der Waals surface area contributed by atoms with Crippen molar-refractivity contribution >= 4 is 11.7 Å². The van der Waals surface area contributed by atoms with Crippen LogP contribution in [0, 0.1) is 10.1 Å². The third kappa shape index (κ3) is 4.46. The van der Waals surface area contributed by atoms with Crippen LogP contribution in [0.25, 0.3) is 11.1 Å². The van der Waals surface area contributed by atoms with Gasteiger partial charge in [0.15, 0.2) is 0 Å². The van der Waals surface area contributed by atoms with Crippen molar-refractivity contribution in [3.05, 3.63) is 58.1 Å². The van der Waals surface area contributed by atoms with Gasteiger partial charge in [-0.05, 0) is 36.8 Å². The van der Waals surface area contributed by atoms with E-state index in [9.17, 15) is 28.1 Å². The molecule has 0 atom stereocenters. The second-order valence-corrected chi connectivity index (χ2v) is 4.75. The molecule has 0 aromatic heterocycles. The van der Waals surface area contributed by atoms with Gasteiger partial charge in [0.2, 0.25) is 0 Å². The largest absolute Gasteiger partial charge is 0.573 e. The van der Waals surface area contributed by atoms with Gasteiger partial charge in [0.25, 0.3) is 5.69 Å². The third-order valence-corrected chi connectivity index (χ3v) is 3.11. The number of nitro benzene ring substituents is 1. The molecule has 132 valence electrons. The molecule has 6 nitrogen and oxygen atoms in total. The van der Waals surface area contributed by atoms with Gasteiger partial charge in [0.05, 0.1) is 17.1 Å². The average molecular weight is 355 g/mol. The molecule has 0 heterocycles. The van der Waals surface area contributed by atoms with Crippen molar-refractivity contribution in [3.8, 4) is 16.9 Å². The molecule has 2 rings (SSSR count). The standard InChI is InChI=1S/C16H12F3NO5/c1-2-24-15(21)13-5-3-4-12(14(13)20(22)23)10-6-8-11(9-7-10)25-16(17,18)19/h3-9H,2H2,1H3. The van der Waals surface area contributed by atoms with Crippen LogP contribution in [-0.4, -0.2) is 23.9 Å². The highest BCUT2D eigenvalue weighted by Crippen LogP contribution is 2.34. The summed E-state index contributed by atoms with van der Waals surface area (Å²) in [5.74, 6) is -1.31. The van der Waals surface area contributed by atoms with E-state index in [2.05, 4.69) is 4.74 Å². The second-order valence-electron chi connectivity index (χ2n) is 4.75. The maximum Gasteiger partial charge on any atom is 0.573 e. The van der Waals surface area contributed by atoms with Crippen molar-refractivity contribution in [3.63, 3.8) is 0 Å². The number of esters is 1. The van der Waals surface area contributed by atoms with Crippen molar-refractivity contribution in [2.75, 3.05) is 6.61 Å². The van der Waals surface area contributed by atoms with Crippen LogP contribution in [0.15, 0.2) is 42.5 Å². The molecule has 2 aromatic carbocycles. The highest BCUT2D eigenvalue weighted by Gasteiger charge is 2.31. The van der Waals surface area contributed by atoms with Crippen LogP contribution < -0.4 is 4.74 Å². The Hall–Kier alpha value is -3.10. The van der Waals surface area contributed by atoms with E-state index in [-0.39, 0.29) is 23.3 Å². The molecule has 0 spiro atoms. The summed E-state index contributed by atoms with van der Waals surface area (Å²) in [6.07, 6.45) is -4.84. The van der Waals surface area contributed by atoms with Crippen molar-refractivity contribution in [2.24, 2.45) is 0 Å². The Bertz CT molecular complexity index is 787. The highest BCUT2D eigenvalue weighted by atomic mass is 19.4. The quantitative estimate of drug-likeness (QED) is 0.453. The van der Waals surface area contributed by atoms with Gasteiger partial charge in [0.1, 0.15) is 11.3 Å². The van der Waals surface area contributed by atoms with Gasteiger partial charge in [0, 0.05) is 0 Å². The van der Waals surface area contributed by atoms with E-state index >= 15 is 0 Å². The zero-order chi connectivity index (χ0) is 18.6. The van der Waals surface area contributed by atoms with E-state index in [1.54, 1.807) is 6.92 Å². The molecule has 2 aromatic rings. The molecular formula is C16H12F3NO5. The summed E-state index contributed by atoms with van der Waals surface area (Å²) >= 11 is 0. The van der Waals surface area contributed by atoms with Crippen LogP contribution in [-0.2, 0) is 4.74 Å². The predicted molar refractivity (Wildman–Crippen MR) is 81.2 cm³/mol. The Labute approximate surface area is 139 Å². The molecule has 9 heteroatoms. The molecule has 0 aliphatic heterocycles. The van der Waals surface area contributed by atoms with Crippen LogP contribution in [0.4, 0.5) is 18.9 Å². The summed E-state index contributed by atoms with van der Waals surface area (Å²) in [6, 6.07) is 8.60. The van der Waals surface area contributed by atoms with Gasteiger partial charge in [-0.2, -0.15) is 0 Å². The molecule has 0 aliphatic rings. The smallest absolute Gasteiger partial charge is 0.462 e. The van der Waals surface area contributed by atoms with E-state index in [0.717, 1.165) is 12.1 Å². The monoisotopic (exact) mass is 355 g/mol. The summed E-state index contributed by atoms with van der Waals surface area (Å²) in [7, 11) is 0. The van der Waals surface area contributed by atoms with Crippen LogP contribution in [0.2, 0.25) is 0 Å². The first kappa shape index (κ1) is 18.2. The number of halogens is 3. The predicted octanol–water partition coefficient (Wildman–Crippen LogP) is 4.34. The summed E-state index contributed by atoms with van der Waals surface area (Å²) in [5.41, 5.74) is -0.383. The van der Waals surface area contributed by atoms with Gasteiger partial charge in [-0.15, -0.1) is 13.2 Å². The summed E-state index contributed by atoms with van der Waals surface area (Å²) in [5, 5.41) is 11.4. The molecular weight excluding hydrogens is 343 g/mol. The number of para-hydroxylation sites is 1. The van der Waals surface area contributed by atoms with E-state index in [4.69, 9.17) is 4.74 Å². The highest BCUT2D eigenvalue weighted by molar-refractivity contribution is 5.97. The minimum atomic E-state index is -4.84. The van der Waals surface area contributed by atoms with Crippen molar-refractivity contribution < 1.29 is 32.4 Å². The van der Waals surface area contributed by atoms with Crippen molar-refractivity contribution in [2.45, 2.75) is 13.3 Å². The number of nitro groups is 1. The number of carbonyl (C=O) groups excluding carboxylic acids is 1. The minimum Gasteiger partial charge on any atom is -0.462 e. The number of rotatable bonds is 5. The first-order chi connectivity index (χ1) is 11.7. The number of nitrogens with zero attached hydrogens (tertiary/aromatic N) is 1. The van der Waals surface area contributed by atoms with E-state index in [0.29, 0.717) is 0 Å². The number of hydrogen-bond acceptors (Lipinski definition) is 5. The lowest BCUT2D eigenvalue weighted by Crippen LogP contribution is -2.16. The first-order valence-electron chi connectivity index (χ1n) is 7.03. The lowest BCUT2D eigenvalue weighted by atomic mass is 10.00. The normalized spacial score (nSPS) is 11.0. The van der Waals surface area contributed by atoms with Crippen LogP contribution in [0.5, 0.6) is 5.75 Å². The van der Waals surface area contributed by atoms with E-state index < -0.39 is 28.7 Å². The number of hydrogen-bond donors (Lipinski definition) is 0. The maximum absolute atomic E-state index is 12.2. The fraction of sp³-hybridized carbons (Fsp3) is 0.188. The summed E-state index contributed by atoms with van der Waals surface area (Å²) < 4.78 is 45.1. The van der Waals surface area contributed by atoms with E-state index in [1.165, 1.54) is 30.3 Å². The van der Waals surface area contributed by atoms with Gasteiger partial charge >= 0.3 is 12.3 Å². The fourth-order valence-corrected chi connectivity index (χ4v) is 2.18. The Kier molecular flexibility index (Phi) is 5.26. The molecule has 0 saturated carbocycles. The zero-order valence-corrected chi connectivity index (χ0v) is 12.9. The maximum atomic E-state index is 12.2. The molecule has 25 heavy (non-hydrogen) atoms. The minimum absolute atomic E-state index is 0.0453. The Morgan fingerprint density at radius 1 is 1.16 bits per heavy atom. The zero-order valence-electron chi connectivity index (χ0n) is 12.9. The summed E-state index contributed by atoms with van der Waals surface area (Å²) in [6.45, 7) is 1.61. The second kappa shape index (κ2) is 7.20. The van der Waals surface area contributed by atoms with Crippen LogP contribution in [0.3, 0.4) is 0 Å². The fourth-order valence-electron chi connectivity index (χ4n) is 2.18. The van der Waals surface area contributed by atoms with Gasteiger partial charge in [-0.3, -0.25) is 10.1 Å². The SMILES string of the molecule is CCOC(=O)c1cccc(-c2ccc(OC(F)(F)F)cc2)c1[N+](=O)[O-].